The van der Waals surface area contributed by atoms with Crippen LogP contribution in [0.4, 0.5) is 5.69 Å². The van der Waals surface area contributed by atoms with Crippen LogP contribution in [0.5, 0.6) is 0 Å². The summed E-state index contributed by atoms with van der Waals surface area (Å²) in [6, 6.07) is 12.3. The van der Waals surface area contributed by atoms with Crippen molar-refractivity contribution in [1.82, 2.24) is 9.47 Å². The Labute approximate surface area is 155 Å². The number of benzene rings is 2. The Hall–Kier alpha value is -2.59. The minimum absolute atomic E-state index is 0.0781. The van der Waals surface area contributed by atoms with Crippen molar-refractivity contribution in [2.45, 2.75) is 13.8 Å². The summed E-state index contributed by atoms with van der Waals surface area (Å²) >= 11 is 0. The van der Waals surface area contributed by atoms with E-state index in [4.69, 9.17) is 0 Å². The molecule has 1 N–H and O–H groups in total. The summed E-state index contributed by atoms with van der Waals surface area (Å²) in [5.41, 5.74) is 5.97. The van der Waals surface area contributed by atoms with Gasteiger partial charge < -0.3 is 14.8 Å². The van der Waals surface area contributed by atoms with Gasteiger partial charge in [0.25, 0.3) is 0 Å². The van der Waals surface area contributed by atoms with Crippen molar-refractivity contribution in [2.75, 3.05) is 32.5 Å². The van der Waals surface area contributed by atoms with Gasteiger partial charge in [-0.3, -0.25) is 4.79 Å². The maximum atomic E-state index is 13.3. The van der Waals surface area contributed by atoms with Gasteiger partial charge in [0.1, 0.15) is 0 Å². The van der Waals surface area contributed by atoms with Gasteiger partial charge in [0.15, 0.2) is 5.43 Å². The molecular formula is C22H27N3O. The van der Waals surface area contributed by atoms with Crippen LogP contribution < -0.4 is 10.7 Å². The smallest absolute Gasteiger partial charge is 0.199 e. The average molecular weight is 349 g/mol. The number of anilines is 1. The Morgan fingerprint density at radius 1 is 1.04 bits per heavy atom. The lowest BCUT2D eigenvalue weighted by Crippen LogP contribution is -2.22. The lowest BCUT2D eigenvalue weighted by molar-refractivity contribution is 0.425. The molecule has 0 radical (unpaired) electrons. The van der Waals surface area contributed by atoms with Gasteiger partial charge in [-0.25, -0.2) is 0 Å². The quantitative estimate of drug-likeness (QED) is 0.761. The Balaban J connectivity index is 2.18. The van der Waals surface area contributed by atoms with Crippen molar-refractivity contribution in [2.24, 2.45) is 7.05 Å². The molecule has 4 nitrogen and oxygen atoms in total. The van der Waals surface area contributed by atoms with Crippen LogP contribution in [0, 0.1) is 13.8 Å². The van der Waals surface area contributed by atoms with Crippen LogP contribution in [-0.4, -0.2) is 36.7 Å². The monoisotopic (exact) mass is 349 g/mol. The molecule has 0 spiro atoms. The number of nitrogens with zero attached hydrogens (tertiary/aromatic N) is 2. The van der Waals surface area contributed by atoms with Gasteiger partial charge in [-0.05, 0) is 51.2 Å². The molecule has 3 rings (SSSR count). The summed E-state index contributed by atoms with van der Waals surface area (Å²) in [5.74, 6) is 0. The van der Waals surface area contributed by atoms with Crippen LogP contribution in [0.25, 0.3) is 22.0 Å². The minimum atomic E-state index is 0.0781. The van der Waals surface area contributed by atoms with Gasteiger partial charge in [0.2, 0.25) is 0 Å². The molecule has 26 heavy (non-hydrogen) atoms. The third-order valence-electron chi connectivity index (χ3n) is 4.67. The topological polar surface area (TPSA) is 37.3 Å². The van der Waals surface area contributed by atoms with Crippen molar-refractivity contribution in [3.63, 3.8) is 0 Å². The molecular weight excluding hydrogens is 322 g/mol. The highest BCUT2D eigenvalue weighted by molar-refractivity contribution is 5.95. The van der Waals surface area contributed by atoms with Gasteiger partial charge in [0.05, 0.1) is 10.9 Å². The van der Waals surface area contributed by atoms with Crippen LogP contribution in [0.2, 0.25) is 0 Å². The Bertz CT molecular complexity index is 985. The number of aromatic nitrogens is 1. The van der Waals surface area contributed by atoms with E-state index >= 15 is 0 Å². The fraction of sp³-hybridized carbons (Fsp3) is 0.318. The summed E-state index contributed by atoms with van der Waals surface area (Å²) in [7, 11) is 6.09. The highest BCUT2D eigenvalue weighted by atomic mass is 16.1. The second-order valence-electron chi connectivity index (χ2n) is 7.29. The molecule has 1 heterocycles. The largest absolute Gasteiger partial charge is 0.383 e. The number of fused-ring (bicyclic) bond motifs is 1. The van der Waals surface area contributed by atoms with Crippen molar-refractivity contribution >= 4 is 16.6 Å². The number of hydrogen-bond donors (Lipinski definition) is 1. The highest BCUT2D eigenvalue weighted by Crippen LogP contribution is 2.26. The van der Waals surface area contributed by atoms with Gasteiger partial charge in [-0.15, -0.1) is 0 Å². The molecule has 1 aromatic heterocycles. The predicted octanol–water partition coefficient (Wildman–Crippen LogP) is 3.80. The number of rotatable bonds is 5. The molecule has 4 heteroatoms. The zero-order valence-electron chi connectivity index (χ0n) is 16.3. The normalized spacial score (nSPS) is 11.3. The third-order valence-corrected chi connectivity index (χ3v) is 4.67. The van der Waals surface area contributed by atoms with Crippen LogP contribution in [0.15, 0.2) is 47.4 Å². The van der Waals surface area contributed by atoms with Crippen molar-refractivity contribution in [3.05, 3.63) is 63.9 Å². The first-order chi connectivity index (χ1) is 12.4. The molecule has 3 aromatic rings. The molecule has 0 aliphatic heterocycles. The fourth-order valence-corrected chi connectivity index (χ4v) is 3.23. The van der Waals surface area contributed by atoms with Gasteiger partial charge in [0, 0.05) is 37.6 Å². The summed E-state index contributed by atoms with van der Waals surface area (Å²) in [4.78, 5) is 15.5. The van der Waals surface area contributed by atoms with E-state index in [0.717, 1.165) is 46.4 Å². The molecule has 0 fully saturated rings. The van der Waals surface area contributed by atoms with Crippen LogP contribution in [0.3, 0.4) is 0 Å². The molecule has 0 unspecified atom stereocenters. The first-order valence-electron chi connectivity index (χ1n) is 8.96. The second kappa shape index (κ2) is 7.34. The predicted molar refractivity (Wildman–Crippen MR) is 111 cm³/mol. The van der Waals surface area contributed by atoms with E-state index in [2.05, 4.69) is 40.8 Å². The van der Waals surface area contributed by atoms with Crippen molar-refractivity contribution in [3.8, 4) is 11.1 Å². The molecule has 0 saturated heterocycles. The number of hydrogen-bond acceptors (Lipinski definition) is 3. The first kappa shape index (κ1) is 18.2. The lowest BCUT2D eigenvalue weighted by Gasteiger charge is -2.16. The highest BCUT2D eigenvalue weighted by Gasteiger charge is 2.14. The Morgan fingerprint density at radius 2 is 1.73 bits per heavy atom. The average Bonchev–Trinajstić information content (AvgIpc) is 2.58. The van der Waals surface area contributed by atoms with E-state index in [9.17, 15) is 4.79 Å². The van der Waals surface area contributed by atoms with E-state index in [-0.39, 0.29) is 5.43 Å². The molecule has 0 aliphatic carbocycles. The van der Waals surface area contributed by atoms with E-state index in [1.165, 1.54) is 5.56 Å². The molecule has 0 bridgehead atoms. The standard InChI is InChI=1S/C22H27N3O/c1-15-6-8-17(9-7-15)18-14-25(5)20-13-16(2)12-19(21(20)22(18)26)23-10-11-24(3)4/h6-9,12-14,23H,10-11H2,1-5H3. The van der Waals surface area contributed by atoms with Crippen LogP contribution in [-0.2, 0) is 7.05 Å². The molecule has 136 valence electrons. The Kier molecular flexibility index (Phi) is 5.14. The SMILES string of the molecule is Cc1ccc(-c2cn(C)c3cc(C)cc(NCCN(C)C)c3c2=O)cc1. The maximum absolute atomic E-state index is 13.3. The number of nitrogens with one attached hydrogen (secondary N) is 1. The summed E-state index contributed by atoms with van der Waals surface area (Å²) in [6.07, 6.45) is 1.94. The van der Waals surface area contributed by atoms with Gasteiger partial charge in [-0.2, -0.15) is 0 Å². The van der Waals surface area contributed by atoms with E-state index in [1.807, 2.05) is 51.6 Å². The zero-order chi connectivity index (χ0) is 18.8. The van der Waals surface area contributed by atoms with E-state index in [1.54, 1.807) is 0 Å². The van der Waals surface area contributed by atoms with E-state index in [0.29, 0.717) is 0 Å². The van der Waals surface area contributed by atoms with E-state index < -0.39 is 0 Å². The molecule has 0 saturated carbocycles. The van der Waals surface area contributed by atoms with Crippen molar-refractivity contribution in [1.29, 1.82) is 0 Å². The third kappa shape index (κ3) is 3.65. The summed E-state index contributed by atoms with van der Waals surface area (Å²) in [5, 5.41) is 4.22. The lowest BCUT2D eigenvalue weighted by atomic mass is 10.0. The number of pyridine rings is 1. The first-order valence-corrected chi connectivity index (χ1v) is 8.96. The number of aryl methyl sites for hydroxylation is 3. The summed E-state index contributed by atoms with van der Waals surface area (Å²) < 4.78 is 2.05. The van der Waals surface area contributed by atoms with Crippen LogP contribution >= 0.6 is 0 Å². The molecule has 0 atom stereocenters. The van der Waals surface area contributed by atoms with Crippen LogP contribution in [0.1, 0.15) is 11.1 Å². The van der Waals surface area contributed by atoms with Crippen molar-refractivity contribution < 1.29 is 0 Å². The summed E-state index contributed by atoms with van der Waals surface area (Å²) in [6.45, 7) is 5.82. The Morgan fingerprint density at radius 3 is 2.38 bits per heavy atom. The molecule has 0 aliphatic rings. The minimum Gasteiger partial charge on any atom is -0.383 e. The molecule has 0 amide bonds. The fourth-order valence-electron chi connectivity index (χ4n) is 3.23. The van der Waals surface area contributed by atoms with Gasteiger partial charge >= 0.3 is 0 Å². The number of likely N-dealkylation sites (N-methyl/N-ethyl adjacent to an activating group) is 1. The zero-order valence-corrected chi connectivity index (χ0v) is 16.3. The maximum Gasteiger partial charge on any atom is 0.199 e. The molecule has 2 aromatic carbocycles. The second-order valence-corrected chi connectivity index (χ2v) is 7.29. The van der Waals surface area contributed by atoms with Gasteiger partial charge in [-0.1, -0.05) is 29.8 Å².